The molecule has 1 saturated heterocycles. The SMILES string of the molecule is COC(=O)[C@H](Cc1cccc(Br)c1)NC(=O)[C@@H]1CCC(=O)N1. The van der Waals surface area contributed by atoms with Crippen molar-refractivity contribution in [3.63, 3.8) is 0 Å². The molecule has 2 N–H and O–H groups in total. The zero-order valence-corrected chi connectivity index (χ0v) is 13.7. The molecule has 6 nitrogen and oxygen atoms in total. The van der Waals surface area contributed by atoms with Gasteiger partial charge in [-0.3, -0.25) is 9.59 Å². The number of amides is 2. The van der Waals surface area contributed by atoms with Gasteiger partial charge in [-0.05, 0) is 24.1 Å². The van der Waals surface area contributed by atoms with Gasteiger partial charge in [0, 0.05) is 17.3 Å². The number of hydrogen-bond donors (Lipinski definition) is 2. The van der Waals surface area contributed by atoms with Crippen LogP contribution in [0.4, 0.5) is 0 Å². The summed E-state index contributed by atoms with van der Waals surface area (Å²) in [4.78, 5) is 35.2. The molecule has 0 bridgehead atoms. The Kier molecular flexibility index (Phi) is 5.54. The molecule has 2 rings (SSSR count). The third kappa shape index (κ3) is 4.30. The fraction of sp³-hybridized carbons (Fsp3) is 0.400. The normalized spacial score (nSPS) is 18.5. The molecule has 1 heterocycles. The first-order valence-electron chi connectivity index (χ1n) is 6.91. The summed E-state index contributed by atoms with van der Waals surface area (Å²) in [7, 11) is 1.28. The minimum Gasteiger partial charge on any atom is -0.467 e. The van der Waals surface area contributed by atoms with E-state index in [9.17, 15) is 14.4 Å². The lowest BCUT2D eigenvalue weighted by molar-refractivity contribution is -0.145. The van der Waals surface area contributed by atoms with Crippen molar-refractivity contribution < 1.29 is 19.1 Å². The Hall–Kier alpha value is -1.89. The third-order valence-corrected chi connectivity index (χ3v) is 3.94. The average Bonchev–Trinajstić information content (AvgIpc) is 2.92. The smallest absolute Gasteiger partial charge is 0.328 e. The number of halogens is 1. The van der Waals surface area contributed by atoms with Gasteiger partial charge in [-0.1, -0.05) is 28.1 Å². The van der Waals surface area contributed by atoms with Crippen molar-refractivity contribution >= 4 is 33.7 Å². The van der Waals surface area contributed by atoms with Crippen LogP contribution in [-0.4, -0.2) is 37.0 Å². The lowest BCUT2D eigenvalue weighted by Crippen LogP contribution is -2.49. The number of carbonyl (C=O) groups excluding carboxylic acids is 3. The van der Waals surface area contributed by atoms with Gasteiger partial charge in [0.1, 0.15) is 12.1 Å². The van der Waals surface area contributed by atoms with Crippen molar-refractivity contribution in [1.29, 1.82) is 0 Å². The van der Waals surface area contributed by atoms with Crippen LogP contribution in [-0.2, 0) is 25.5 Å². The summed E-state index contributed by atoms with van der Waals surface area (Å²) in [6, 6.07) is 6.10. The molecule has 0 spiro atoms. The predicted octanol–water partition coefficient (Wildman–Crippen LogP) is 0.928. The van der Waals surface area contributed by atoms with Crippen molar-refractivity contribution in [3.05, 3.63) is 34.3 Å². The summed E-state index contributed by atoms with van der Waals surface area (Å²) in [5.41, 5.74) is 0.889. The van der Waals surface area contributed by atoms with E-state index in [0.717, 1.165) is 10.0 Å². The van der Waals surface area contributed by atoms with Crippen LogP contribution in [0.2, 0.25) is 0 Å². The largest absolute Gasteiger partial charge is 0.467 e. The fourth-order valence-corrected chi connectivity index (χ4v) is 2.76. The van der Waals surface area contributed by atoms with Crippen LogP contribution in [0.3, 0.4) is 0 Å². The molecule has 1 aliphatic rings. The zero-order chi connectivity index (χ0) is 16.1. The maximum atomic E-state index is 12.1. The highest BCUT2D eigenvalue weighted by molar-refractivity contribution is 9.10. The molecular weight excluding hydrogens is 352 g/mol. The van der Waals surface area contributed by atoms with Gasteiger partial charge in [-0.2, -0.15) is 0 Å². The van der Waals surface area contributed by atoms with Crippen molar-refractivity contribution in [1.82, 2.24) is 10.6 Å². The molecular formula is C15H17BrN2O4. The maximum absolute atomic E-state index is 12.1. The zero-order valence-electron chi connectivity index (χ0n) is 12.1. The molecule has 0 saturated carbocycles. The highest BCUT2D eigenvalue weighted by Crippen LogP contribution is 2.14. The molecule has 0 aromatic heterocycles. The molecule has 1 aromatic rings. The molecule has 0 radical (unpaired) electrons. The van der Waals surface area contributed by atoms with Crippen LogP contribution in [0, 0.1) is 0 Å². The summed E-state index contributed by atoms with van der Waals surface area (Å²) in [6.07, 6.45) is 1.08. The number of ether oxygens (including phenoxy) is 1. The van der Waals surface area contributed by atoms with E-state index in [-0.39, 0.29) is 11.8 Å². The van der Waals surface area contributed by atoms with Crippen LogP contribution >= 0.6 is 15.9 Å². The fourth-order valence-electron chi connectivity index (χ4n) is 2.32. The van der Waals surface area contributed by atoms with Gasteiger partial charge in [-0.25, -0.2) is 4.79 Å². The Morgan fingerprint density at radius 2 is 2.27 bits per heavy atom. The summed E-state index contributed by atoms with van der Waals surface area (Å²) >= 11 is 3.37. The van der Waals surface area contributed by atoms with Crippen molar-refractivity contribution in [2.24, 2.45) is 0 Å². The Morgan fingerprint density at radius 1 is 1.50 bits per heavy atom. The molecule has 2 atom stereocenters. The van der Waals surface area contributed by atoms with E-state index in [2.05, 4.69) is 26.6 Å². The summed E-state index contributed by atoms with van der Waals surface area (Å²) in [5, 5.41) is 5.23. The monoisotopic (exact) mass is 368 g/mol. The third-order valence-electron chi connectivity index (χ3n) is 3.44. The van der Waals surface area contributed by atoms with Gasteiger partial charge in [-0.15, -0.1) is 0 Å². The molecule has 118 valence electrons. The molecule has 1 aliphatic heterocycles. The number of benzene rings is 1. The Balaban J connectivity index is 2.04. The lowest BCUT2D eigenvalue weighted by atomic mass is 10.1. The van der Waals surface area contributed by atoms with Crippen LogP contribution in [0.1, 0.15) is 18.4 Å². The van der Waals surface area contributed by atoms with Gasteiger partial charge in [0.2, 0.25) is 11.8 Å². The first-order valence-corrected chi connectivity index (χ1v) is 7.71. The summed E-state index contributed by atoms with van der Waals surface area (Å²) in [6.45, 7) is 0. The second-order valence-electron chi connectivity index (χ2n) is 5.08. The van der Waals surface area contributed by atoms with E-state index in [1.165, 1.54) is 7.11 Å². The van der Waals surface area contributed by atoms with E-state index in [0.29, 0.717) is 19.3 Å². The van der Waals surface area contributed by atoms with E-state index in [1.807, 2.05) is 24.3 Å². The number of nitrogens with one attached hydrogen (secondary N) is 2. The number of hydrogen-bond acceptors (Lipinski definition) is 4. The first kappa shape index (κ1) is 16.5. The number of rotatable bonds is 5. The van der Waals surface area contributed by atoms with Gasteiger partial charge in [0.05, 0.1) is 7.11 Å². The Morgan fingerprint density at radius 3 is 2.86 bits per heavy atom. The highest BCUT2D eigenvalue weighted by atomic mass is 79.9. The summed E-state index contributed by atoms with van der Waals surface area (Å²) in [5.74, 6) is -1.03. The van der Waals surface area contributed by atoms with Crippen LogP contribution in [0.15, 0.2) is 28.7 Å². The van der Waals surface area contributed by atoms with Crippen LogP contribution in [0.5, 0.6) is 0 Å². The number of esters is 1. The standard InChI is InChI=1S/C15H17BrN2O4/c1-22-15(21)12(8-9-3-2-4-10(16)7-9)18-14(20)11-5-6-13(19)17-11/h2-4,7,11-12H,5-6,8H2,1H3,(H,17,19)(H,18,20)/t11-,12-/m0/s1. The number of methoxy groups -OCH3 is 1. The predicted molar refractivity (Wildman–Crippen MR) is 83.0 cm³/mol. The van der Waals surface area contributed by atoms with Crippen molar-refractivity contribution in [3.8, 4) is 0 Å². The molecule has 0 aliphatic carbocycles. The topological polar surface area (TPSA) is 84.5 Å². The number of carbonyl (C=O) groups is 3. The maximum Gasteiger partial charge on any atom is 0.328 e. The minimum absolute atomic E-state index is 0.151. The molecule has 0 unspecified atom stereocenters. The Bertz CT molecular complexity index is 591. The first-order chi connectivity index (χ1) is 10.5. The second-order valence-corrected chi connectivity index (χ2v) is 5.99. The lowest BCUT2D eigenvalue weighted by Gasteiger charge is -2.19. The van der Waals surface area contributed by atoms with Gasteiger partial charge < -0.3 is 15.4 Å². The van der Waals surface area contributed by atoms with E-state index in [1.54, 1.807) is 0 Å². The molecule has 7 heteroatoms. The minimum atomic E-state index is -0.788. The molecule has 1 fully saturated rings. The van der Waals surface area contributed by atoms with E-state index >= 15 is 0 Å². The van der Waals surface area contributed by atoms with Crippen molar-refractivity contribution in [2.75, 3.05) is 7.11 Å². The molecule has 2 amide bonds. The van der Waals surface area contributed by atoms with Crippen LogP contribution in [0.25, 0.3) is 0 Å². The Labute approximate surface area is 136 Å². The highest BCUT2D eigenvalue weighted by Gasteiger charge is 2.30. The van der Waals surface area contributed by atoms with Gasteiger partial charge in [0.25, 0.3) is 0 Å². The van der Waals surface area contributed by atoms with Gasteiger partial charge >= 0.3 is 5.97 Å². The van der Waals surface area contributed by atoms with Crippen molar-refractivity contribution in [2.45, 2.75) is 31.3 Å². The van der Waals surface area contributed by atoms with Crippen LogP contribution < -0.4 is 10.6 Å². The second kappa shape index (κ2) is 7.40. The quantitative estimate of drug-likeness (QED) is 0.757. The average molecular weight is 369 g/mol. The van der Waals surface area contributed by atoms with E-state index in [4.69, 9.17) is 4.74 Å². The van der Waals surface area contributed by atoms with Gasteiger partial charge in [0.15, 0.2) is 0 Å². The molecule has 22 heavy (non-hydrogen) atoms. The molecule has 1 aromatic carbocycles. The van der Waals surface area contributed by atoms with E-state index < -0.39 is 18.1 Å². The summed E-state index contributed by atoms with van der Waals surface area (Å²) < 4.78 is 5.64.